The topological polar surface area (TPSA) is 146 Å². The van der Waals surface area contributed by atoms with Crippen LogP contribution in [-0.4, -0.2) is 66.9 Å². The van der Waals surface area contributed by atoms with Crippen molar-refractivity contribution in [3.05, 3.63) is 58.6 Å². The average molecular weight is 545 g/mol. The lowest BCUT2D eigenvalue weighted by molar-refractivity contribution is -0.133. The first kappa shape index (κ1) is 27.2. The highest BCUT2D eigenvalue weighted by molar-refractivity contribution is 6.30. The first-order chi connectivity index (χ1) is 18.2. The van der Waals surface area contributed by atoms with E-state index in [9.17, 15) is 24.3 Å². The van der Waals surface area contributed by atoms with Gasteiger partial charge in [-0.25, -0.2) is 9.59 Å². The van der Waals surface area contributed by atoms with Crippen molar-refractivity contribution < 1.29 is 33.8 Å². The molecule has 0 saturated carbocycles. The van der Waals surface area contributed by atoms with Gasteiger partial charge < -0.3 is 24.8 Å². The zero-order valence-electron chi connectivity index (χ0n) is 20.8. The smallest absolute Gasteiger partial charge is 0.412 e. The number of unbranched alkanes of at least 4 members (excludes halogenated alkanes) is 1. The monoisotopic (exact) mass is 544 g/mol. The Morgan fingerprint density at radius 1 is 1.21 bits per heavy atom. The van der Waals surface area contributed by atoms with Crippen molar-refractivity contribution in [1.29, 1.82) is 0 Å². The number of anilines is 2. The number of likely N-dealkylation sites (tertiary alicyclic amines) is 1. The summed E-state index contributed by atoms with van der Waals surface area (Å²) in [5.74, 6) is -0.772. The first-order valence-corrected chi connectivity index (χ1v) is 12.6. The summed E-state index contributed by atoms with van der Waals surface area (Å²) in [5, 5.41) is 17.7. The van der Waals surface area contributed by atoms with E-state index in [0.29, 0.717) is 59.8 Å². The van der Waals surface area contributed by atoms with Gasteiger partial charge in [-0.3, -0.25) is 20.2 Å². The predicted molar refractivity (Wildman–Crippen MR) is 139 cm³/mol. The number of methoxy groups -OCH3 is 1. The summed E-state index contributed by atoms with van der Waals surface area (Å²) < 4.78 is 10.3. The molecule has 4 amide bonds. The number of aliphatic hydroxyl groups is 1. The van der Waals surface area contributed by atoms with Gasteiger partial charge in [0.05, 0.1) is 19.3 Å². The van der Waals surface area contributed by atoms with Crippen LogP contribution in [0.25, 0.3) is 0 Å². The van der Waals surface area contributed by atoms with Gasteiger partial charge in [-0.2, -0.15) is 0 Å². The van der Waals surface area contributed by atoms with E-state index in [0.717, 1.165) is 0 Å². The molecule has 2 aromatic carbocycles. The van der Waals surface area contributed by atoms with Gasteiger partial charge in [0.1, 0.15) is 6.04 Å². The number of carbonyl (C=O) groups is 4. The van der Waals surface area contributed by atoms with E-state index >= 15 is 0 Å². The van der Waals surface area contributed by atoms with Crippen LogP contribution in [0.2, 0.25) is 5.02 Å². The zero-order chi connectivity index (χ0) is 27.3. The molecule has 12 heteroatoms. The number of nitrogens with one attached hydrogen (secondary N) is 3. The highest BCUT2D eigenvalue weighted by Gasteiger charge is 2.49. The number of carbonyl (C=O) groups excluding carboxylic acids is 4. The van der Waals surface area contributed by atoms with Gasteiger partial charge in [0.25, 0.3) is 5.91 Å². The highest BCUT2D eigenvalue weighted by Crippen LogP contribution is 2.43. The van der Waals surface area contributed by atoms with Crippen molar-refractivity contribution in [2.24, 2.45) is 0 Å². The Morgan fingerprint density at radius 3 is 2.68 bits per heavy atom. The van der Waals surface area contributed by atoms with Crippen LogP contribution in [0.4, 0.5) is 21.0 Å². The summed E-state index contributed by atoms with van der Waals surface area (Å²) >= 11 is 6.21. The summed E-state index contributed by atoms with van der Waals surface area (Å²) in [6, 6.07) is 10.4. The highest BCUT2D eigenvalue weighted by atomic mass is 35.5. The fourth-order valence-electron chi connectivity index (χ4n) is 4.70. The minimum Gasteiger partial charge on any atom is -0.453 e. The molecule has 2 heterocycles. The lowest BCUT2D eigenvalue weighted by Gasteiger charge is -2.35. The Hall–Kier alpha value is -3.83. The van der Waals surface area contributed by atoms with E-state index in [1.54, 1.807) is 35.2 Å². The lowest BCUT2D eigenvalue weighted by Crippen LogP contribution is -2.49. The predicted octanol–water partition coefficient (Wildman–Crippen LogP) is 3.47. The van der Waals surface area contributed by atoms with E-state index in [-0.39, 0.29) is 19.1 Å². The van der Waals surface area contributed by atoms with Crippen LogP contribution >= 0.6 is 11.6 Å². The standard InChI is InChI=1S/C26H29ClN4O7/c1-37-24(35)28-18-8-5-16(6-9-18)22(33)29-21(4-2-3-13-32)23(34)31-12-11-26(15-31)19-14-17(27)7-10-20(19)30-25(36)38-26/h5-10,14,21,32H,2-4,11-13,15H2,1H3,(H,28,35)(H,29,33)(H,30,36)/t21-,26?/m0/s1. The molecule has 11 nitrogen and oxygen atoms in total. The quantitative estimate of drug-likeness (QED) is 0.372. The average Bonchev–Trinajstić information content (AvgIpc) is 3.32. The van der Waals surface area contributed by atoms with Crippen LogP contribution in [-0.2, 0) is 19.9 Å². The second-order valence-corrected chi connectivity index (χ2v) is 9.58. The van der Waals surface area contributed by atoms with E-state index in [4.69, 9.17) is 16.3 Å². The van der Waals surface area contributed by atoms with Crippen LogP contribution in [0.1, 0.15) is 41.6 Å². The maximum atomic E-state index is 13.6. The third-order valence-corrected chi connectivity index (χ3v) is 6.86. The van der Waals surface area contributed by atoms with Gasteiger partial charge in [-0.05, 0) is 61.7 Å². The fourth-order valence-corrected chi connectivity index (χ4v) is 4.87. The molecule has 4 rings (SSSR count). The van der Waals surface area contributed by atoms with Crippen LogP contribution in [0.3, 0.4) is 0 Å². The molecule has 1 unspecified atom stereocenters. The molecule has 0 aliphatic carbocycles. The van der Waals surface area contributed by atoms with E-state index in [1.807, 2.05) is 0 Å². The number of hydrogen-bond acceptors (Lipinski definition) is 7. The largest absolute Gasteiger partial charge is 0.453 e. The summed E-state index contributed by atoms with van der Waals surface area (Å²) in [4.78, 5) is 51.8. The molecule has 2 aromatic rings. The molecular formula is C26H29ClN4O7. The fraction of sp³-hybridized carbons (Fsp3) is 0.385. The second kappa shape index (κ2) is 11.7. The van der Waals surface area contributed by atoms with E-state index < -0.39 is 29.7 Å². The molecule has 202 valence electrons. The third-order valence-electron chi connectivity index (χ3n) is 6.62. The summed E-state index contributed by atoms with van der Waals surface area (Å²) in [5.41, 5.74) is 0.983. The minimum atomic E-state index is -1.04. The maximum Gasteiger partial charge on any atom is 0.412 e. The Labute approximate surface area is 224 Å². The molecule has 1 fully saturated rings. The van der Waals surface area contributed by atoms with Crippen molar-refractivity contribution in [2.75, 3.05) is 37.4 Å². The number of ether oxygens (including phenoxy) is 2. The molecule has 2 atom stereocenters. The first-order valence-electron chi connectivity index (χ1n) is 12.2. The van der Waals surface area contributed by atoms with Gasteiger partial charge >= 0.3 is 12.2 Å². The number of rotatable bonds is 8. The van der Waals surface area contributed by atoms with E-state index in [1.165, 1.54) is 19.2 Å². The van der Waals surface area contributed by atoms with E-state index in [2.05, 4.69) is 20.7 Å². The van der Waals surface area contributed by atoms with Crippen molar-refractivity contribution in [2.45, 2.75) is 37.3 Å². The molecule has 1 spiro atoms. The van der Waals surface area contributed by atoms with Gasteiger partial charge in [0.15, 0.2) is 5.60 Å². The number of hydrogen-bond donors (Lipinski definition) is 4. The molecule has 0 bridgehead atoms. The number of halogens is 1. The Balaban J connectivity index is 1.49. The molecule has 0 radical (unpaired) electrons. The molecule has 38 heavy (non-hydrogen) atoms. The summed E-state index contributed by atoms with van der Waals surface area (Å²) in [7, 11) is 1.25. The molecule has 1 saturated heterocycles. The van der Waals surface area contributed by atoms with Crippen molar-refractivity contribution in [1.82, 2.24) is 10.2 Å². The van der Waals surface area contributed by atoms with Crippen molar-refractivity contribution >= 4 is 47.0 Å². The number of fused-ring (bicyclic) bond motifs is 2. The molecule has 0 aromatic heterocycles. The molecule has 4 N–H and O–H groups in total. The van der Waals surface area contributed by atoms with Gasteiger partial charge in [0, 0.05) is 41.4 Å². The minimum absolute atomic E-state index is 0.0309. The molecule has 2 aliphatic rings. The Bertz CT molecular complexity index is 1220. The Morgan fingerprint density at radius 2 is 1.97 bits per heavy atom. The van der Waals surface area contributed by atoms with Crippen molar-refractivity contribution in [3.8, 4) is 0 Å². The van der Waals surface area contributed by atoms with Crippen molar-refractivity contribution in [3.63, 3.8) is 0 Å². The lowest BCUT2D eigenvalue weighted by atomic mass is 9.90. The van der Waals surface area contributed by atoms with Crippen LogP contribution in [0, 0.1) is 0 Å². The van der Waals surface area contributed by atoms with Gasteiger partial charge in [-0.1, -0.05) is 11.6 Å². The normalized spacial score (nSPS) is 18.7. The van der Waals surface area contributed by atoms with Gasteiger partial charge in [0.2, 0.25) is 5.91 Å². The third kappa shape index (κ3) is 6.00. The number of benzene rings is 2. The zero-order valence-corrected chi connectivity index (χ0v) is 21.5. The second-order valence-electron chi connectivity index (χ2n) is 9.15. The van der Waals surface area contributed by atoms with Crippen LogP contribution < -0.4 is 16.0 Å². The summed E-state index contributed by atoms with van der Waals surface area (Å²) in [6.07, 6.45) is 0.459. The Kier molecular flexibility index (Phi) is 8.38. The SMILES string of the molecule is COC(=O)Nc1ccc(C(=O)N[C@@H](CCCCO)C(=O)N2CCC3(C2)OC(=O)Nc2ccc(Cl)cc23)cc1. The number of nitrogens with zero attached hydrogens (tertiary/aromatic N) is 1. The van der Waals surface area contributed by atoms with Gasteiger partial charge in [-0.15, -0.1) is 0 Å². The van der Waals surface area contributed by atoms with Crippen LogP contribution in [0.5, 0.6) is 0 Å². The van der Waals surface area contributed by atoms with Crippen LogP contribution in [0.15, 0.2) is 42.5 Å². The number of aliphatic hydroxyl groups excluding tert-OH is 1. The number of amides is 4. The molecule has 2 aliphatic heterocycles. The summed E-state index contributed by atoms with van der Waals surface area (Å²) in [6.45, 7) is 0.405. The maximum absolute atomic E-state index is 13.6. The molecular weight excluding hydrogens is 516 g/mol.